The van der Waals surface area contributed by atoms with Gasteiger partial charge in [0.1, 0.15) is 6.04 Å². The third kappa shape index (κ3) is 2.08. The molecule has 1 fully saturated rings. The molecule has 1 aliphatic rings. The number of aromatic nitrogens is 2. The van der Waals surface area contributed by atoms with E-state index in [1.807, 2.05) is 35.8 Å². The Morgan fingerprint density at radius 1 is 1.50 bits per heavy atom. The second kappa shape index (κ2) is 5.25. The summed E-state index contributed by atoms with van der Waals surface area (Å²) in [7, 11) is 0. The summed E-state index contributed by atoms with van der Waals surface area (Å²) in [5.74, 6) is 0.0599. The second-order valence-electron chi connectivity index (χ2n) is 5.33. The van der Waals surface area contributed by atoms with E-state index in [2.05, 4.69) is 4.98 Å². The minimum Gasteiger partial charge on any atom is -0.394 e. The van der Waals surface area contributed by atoms with Crippen molar-refractivity contribution >= 4 is 16.9 Å². The summed E-state index contributed by atoms with van der Waals surface area (Å²) in [4.78, 5) is 18.8. The molecule has 1 amide bonds. The van der Waals surface area contributed by atoms with Crippen LogP contribution in [0.2, 0.25) is 0 Å². The van der Waals surface area contributed by atoms with Crippen molar-refractivity contribution in [2.75, 3.05) is 13.2 Å². The van der Waals surface area contributed by atoms with E-state index in [-0.39, 0.29) is 24.6 Å². The highest BCUT2D eigenvalue weighted by atomic mass is 16.3. The molecule has 106 valence electrons. The summed E-state index contributed by atoms with van der Waals surface area (Å²) >= 11 is 0. The zero-order chi connectivity index (χ0) is 14.1. The molecule has 1 aromatic carbocycles. The van der Waals surface area contributed by atoms with Crippen LogP contribution in [0.3, 0.4) is 0 Å². The lowest BCUT2D eigenvalue weighted by Crippen LogP contribution is -2.41. The maximum absolute atomic E-state index is 12.6. The summed E-state index contributed by atoms with van der Waals surface area (Å²) in [6, 6.07) is 7.47. The van der Waals surface area contributed by atoms with Gasteiger partial charge in [0.05, 0.1) is 30.0 Å². The van der Waals surface area contributed by atoms with Crippen LogP contribution in [0.4, 0.5) is 0 Å². The highest BCUT2D eigenvalue weighted by Gasteiger charge is 2.31. The smallest absolute Gasteiger partial charge is 0.245 e. The van der Waals surface area contributed by atoms with Crippen molar-refractivity contribution in [1.82, 2.24) is 14.5 Å². The quantitative estimate of drug-likeness (QED) is 0.923. The number of amides is 1. The van der Waals surface area contributed by atoms with Crippen molar-refractivity contribution in [2.24, 2.45) is 0 Å². The van der Waals surface area contributed by atoms with E-state index in [1.54, 1.807) is 11.2 Å². The van der Waals surface area contributed by atoms with Gasteiger partial charge in [-0.25, -0.2) is 4.98 Å². The van der Waals surface area contributed by atoms with Gasteiger partial charge in [-0.05, 0) is 31.9 Å². The average molecular weight is 273 g/mol. The van der Waals surface area contributed by atoms with Gasteiger partial charge in [0.25, 0.3) is 0 Å². The van der Waals surface area contributed by atoms with Crippen LogP contribution in [0.1, 0.15) is 25.8 Å². The number of benzene rings is 1. The first-order chi connectivity index (χ1) is 9.72. The topological polar surface area (TPSA) is 58.4 Å². The SMILES string of the molecule is CC(C(=O)N1CCC[C@H]1CO)n1cnc2ccccc21. The summed E-state index contributed by atoms with van der Waals surface area (Å²) in [5.41, 5.74) is 1.86. The number of hydrogen-bond acceptors (Lipinski definition) is 3. The van der Waals surface area contributed by atoms with Crippen molar-refractivity contribution in [3.63, 3.8) is 0 Å². The summed E-state index contributed by atoms with van der Waals surface area (Å²) in [5, 5.41) is 9.36. The van der Waals surface area contributed by atoms with Crippen LogP contribution in [0, 0.1) is 0 Å². The Morgan fingerprint density at radius 3 is 3.10 bits per heavy atom. The van der Waals surface area contributed by atoms with Gasteiger partial charge in [0.15, 0.2) is 0 Å². The first-order valence-corrected chi connectivity index (χ1v) is 7.05. The first kappa shape index (κ1) is 13.1. The van der Waals surface area contributed by atoms with Crippen LogP contribution < -0.4 is 0 Å². The molecule has 3 rings (SSSR count). The van der Waals surface area contributed by atoms with E-state index in [0.717, 1.165) is 30.4 Å². The van der Waals surface area contributed by atoms with Crippen LogP contribution in [0.25, 0.3) is 11.0 Å². The van der Waals surface area contributed by atoms with Gasteiger partial charge in [-0.1, -0.05) is 12.1 Å². The number of hydrogen-bond donors (Lipinski definition) is 1. The Bertz CT molecular complexity index is 622. The van der Waals surface area contributed by atoms with Gasteiger partial charge in [-0.3, -0.25) is 4.79 Å². The second-order valence-corrected chi connectivity index (χ2v) is 5.33. The lowest BCUT2D eigenvalue weighted by molar-refractivity contribution is -0.135. The standard InChI is InChI=1S/C15H19N3O2/c1-11(15(20)17-8-4-5-12(17)9-19)18-10-16-13-6-2-3-7-14(13)18/h2-3,6-7,10-12,19H,4-5,8-9H2,1H3/t11?,12-/m0/s1. The molecular formula is C15H19N3O2. The zero-order valence-electron chi connectivity index (χ0n) is 11.6. The maximum atomic E-state index is 12.6. The van der Waals surface area contributed by atoms with Gasteiger partial charge in [-0.15, -0.1) is 0 Å². The Balaban J connectivity index is 1.88. The maximum Gasteiger partial charge on any atom is 0.245 e. The zero-order valence-corrected chi connectivity index (χ0v) is 11.6. The largest absolute Gasteiger partial charge is 0.394 e. The lowest BCUT2D eigenvalue weighted by Gasteiger charge is -2.27. The molecule has 0 bridgehead atoms. The van der Waals surface area contributed by atoms with Crippen LogP contribution in [-0.2, 0) is 4.79 Å². The number of para-hydroxylation sites is 2. The molecule has 1 aromatic heterocycles. The van der Waals surface area contributed by atoms with Crippen LogP contribution in [0.15, 0.2) is 30.6 Å². The van der Waals surface area contributed by atoms with E-state index >= 15 is 0 Å². The molecule has 5 heteroatoms. The predicted molar refractivity (Wildman–Crippen MR) is 76.3 cm³/mol. The molecule has 0 aliphatic carbocycles. The highest BCUT2D eigenvalue weighted by molar-refractivity contribution is 5.84. The van der Waals surface area contributed by atoms with E-state index < -0.39 is 0 Å². The highest BCUT2D eigenvalue weighted by Crippen LogP contribution is 2.23. The number of imidazole rings is 1. The molecule has 0 spiro atoms. The lowest BCUT2D eigenvalue weighted by atomic mass is 10.2. The van der Waals surface area contributed by atoms with E-state index in [1.165, 1.54) is 0 Å². The molecular weight excluding hydrogens is 254 g/mol. The summed E-state index contributed by atoms with van der Waals surface area (Å²) in [6.45, 7) is 2.67. The number of likely N-dealkylation sites (tertiary alicyclic amines) is 1. The molecule has 2 aromatic rings. The Labute approximate surface area is 117 Å². The first-order valence-electron chi connectivity index (χ1n) is 7.05. The van der Waals surface area contributed by atoms with Crippen LogP contribution in [0.5, 0.6) is 0 Å². The van der Waals surface area contributed by atoms with Crippen molar-refractivity contribution in [1.29, 1.82) is 0 Å². The fraction of sp³-hybridized carbons (Fsp3) is 0.467. The number of aliphatic hydroxyl groups is 1. The van der Waals surface area contributed by atoms with E-state index in [4.69, 9.17) is 0 Å². The predicted octanol–water partition coefficient (Wildman–Crippen LogP) is 1.58. The molecule has 1 N–H and O–H groups in total. The third-order valence-electron chi connectivity index (χ3n) is 4.13. The van der Waals surface area contributed by atoms with Crippen molar-refractivity contribution in [2.45, 2.75) is 31.8 Å². The monoisotopic (exact) mass is 273 g/mol. The minimum absolute atomic E-state index is 0.0280. The van der Waals surface area contributed by atoms with Gasteiger partial charge in [0.2, 0.25) is 5.91 Å². The molecule has 0 radical (unpaired) electrons. The van der Waals surface area contributed by atoms with E-state index in [9.17, 15) is 9.90 Å². The summed E-state index contributed by atoms with van der Waals surface area (Å²) in [6.07, 6.45) is 3.57. The van der Waals surface area contributed by atoms with Gasteiger partial charge in [-0.2, -0.15) is 0 Å². The number of rotatable bonds is 3. The molecule has 1 unspecified atom stereocenters. The number of carbonyl (C=O) groups is 1. The number of aliphatic hydroxyl groups excluding tert-OH is 1. The van der Waals surface area contributed by atoms with Gasteiger partial charge in [0, 0.05) is 6.54 Å². The van der Waals surface area contributed by atoms with Crippen LogP contribution >= 0.6 is 0 Å². The molecule has 1 saturated heterocycles. The Morgan fingerprint density at radius 2 is 2.30 bits per heavy atom. The number of nitrogens with zero attached hydrogens (tertiary/aromatic N) is 3. The molecule has 2 atom stereocenters. The molecule has 0 saturated carbocycles. The third-order valence-corrected chi connectivity index (χ3v) is 4.13. The fourth-order valence-corrected chi connectivity index (χ4v) is 2.96. The van der Waals surface area contributed by atoms with Crippen molar-refractivity contribution < 1.29 is 9.90 Å². The summed E-state index contributed by atoms with van der Waals surface area (Å²) < 4.78 is 1.91. The Kier molecular flexibility index (Phi) is 3.44. The molecule has 1 aliphatic heterocycles. The van der Waals surface area contributed by atoms with Gasteiger partial charge < -0.3 is 14.6 Å². The minimum atomic E-state index is -0.297. The van der Waals surface area contributed by atoms with E-state index in [0.29, 0.717) is 0 Å². The van der Waals surface area contributed by atoms with Crippen molar-refractivity contribution in [3.8, 4) is 0 Å². The molecule has 20 heavy (non-hydrogen) atoms. The molecule has 2 heterocycles. The van der Waals surface area contributed by atoms with Crippen LogP contribution in [-0.4, -0.2) is 44.7 Å². The van der Waals surface area contributed by atoms with Gasteiger partial charge >= 0.3 is 0 Å². The Hall–Kier alpha value is -1.88. The fourth-order valence-electron chi connectivity index (χ4n) is 2.96. The van der Waals surface area contributed by atoms with Crippen molar-refractivity contribution in [3.05, 3.63) is 30.6 Å². The number of fused-ring (bicyclic) bond motifs is 1. The normalized spacial score (nSPS) is 20.5. The average Bonchev–Trinajstić information content (AvgIpc) is 3.12. The molecule has 5 nitrogen and oxygen atoms in total. The number of carbonyl (C=O) groups excluding carboxylic acids is 1.